The summed E-state index contributed by atoms with van der Waals surface area (Å²) in [5.41, 5.74) is 1.37. The number of ether oxygens (including phenoxy) is 1. The van der Waals surface area contributed by atoms with Gasteiger partial charge in [-0.3, -0.25) is 4.79 Å². The van der Waals surface area contributed by atoms with Crippen molar-refractivity contribution in [3.05, 3.63) is 12.2 Å². The van der Waals surface area contributed by atoms with Gasteiger partial charge in [0.25, 0.3) is 0 Å². The van der Waals surface area contributed by atoms with Crippen LogP contribution in [0.3, 0.4) is 0 Å². The lowest BCUT2D eigenvalue weighted by molar-refractivity contribution is -0.140. The molecule has 0 spiro atoms. The highest BCUT2D eigenvalue weighted by molar-refractivity contribution is 5.68. The molecule has 0 aliphatic carbocycles. The Bertz CT molecular complexity index is 197. The Morgan fingerprint density at radius 3 is 2.12 bits per heavy atom. The zero-order chi connectivity index (χ0) is 12.2. The van der Waals surface area contributed by atoms with Gasteiger partial charge in [-0.2, -0.15) is 0 Å². The summed E-state index contributed by atoms with van der Waals surface area (Å²) in [5, 5.41) is 0. The van der Waals surface area contributed by atoms with Gasteiger partial charge in [0.1, 0.15) is 0 Å². The summed E-state index contributed by atoms with van der Waals surface area (Å²) in [5.74, 6) is -0.0956. The van der Waals surface area contributed by atoms with E-state index >= 15 is 0 Å². The Morgan fingerprint density at radius 2 is 1.56 bits per heavy atom. The van der Waals surface area contributed by atoms with E-state index in [2.05, 4.69) is 18.2 Å². The maximum atomic E-state index is 10.8. The summed E-state index contributed by atoms with van der Waals surface area (Å²) >= 11 is 0. The van der Waals surface area contributed by atoms with Crippen molar-refractivity contribution in [1.82, 2.24) is 0 Å². The number of carbonyl (C=O) groups is 1. The molecule has 0 radical (unpaired) electrons. The molecule has 0 unspecified atom stereocenters. The van der Waals surface area contributed by atoms with E-state index in [-0.39, 0.29) is 5.97 Å². The summed E-state index contributed by atoms with van der Waals surface area (Å²) < 4.78 is 4.59. The lowest BCUT2D eigenvalue weighted by Crippen LogP contribution is -1.99. The van der Waals surface area contributed by atoms with Crippen molar-refractivity contribution in [2.75, 3.05) is 7.11 Å². The molecule has 0 aliphatic rings. The highest BCUT2D eigenvalue weighted by atomic mass is 16.5. The average Bonchev–Trinajstić information content (AvgIpc) is 2.28. The number of rotatable bonds is 10. The molecule has 2 heteroatoms. The van der Waals surface area contributed by atoms with Crippen molar-refractivity contribution in [3.8, 4) is 0 Å². The number of methoxy groups -OCH3 is 1. The maximum Gasteiger partial charge on any atom is 0.305 e. The third kappa shape index (κ3) is 9.75. The quantitative estimate of drug-likeness (QED) is 0.316. The molecule has 16 heavy (non-hydrogen) atoms. The zero-order valence-electron chi connectivity index (χ0n) is 10.9. The van der Waals surface area contributed by atoms with E-state index in [0.29, 0.717) is 6.42 Å². The first-order valence-electron chi connectivity index (χ1n) is 6.44. The zero-order valence-corrected chi connectivity index (χ0v) is 10.9. The smallest absolute Gasteiger partial charge is 0.305 e. The monoisotopic (exact) mass is 226 g/mol. The normalized spacial score (nSPS) is 10.1. The van der Waals surface area contributed by atoms with E-state index in [9.17, 15) is 4.79 Å². The van der Waals surface area contributed by atoms with Crippen molar-refractivity contribution >= 4 is 5.97 Å². The van der Waals surface area contributed by atoms with Gasteiger partial charge in [-0.25, -0.2) is 0 Å². The summed E-state index contributed by atoms with van der Waals surface area (Å²) in [7, 11) is 1.44. The molecule has 94 valence electrons. The molecular weight excluding hydrogens is 200 g/mol. The van der Waals surface area contributed by atoms with Gasteiger partial charge in [0.15, 0.2) is 0 Å². The molecule has 2 nitrogen and oxygen atoms in total. The molecule has 0 aliphatic heterocycles. The number of carbonyl (C=O) groups excluding carboxylic acids is 1. The Kier molecular flexibility index (Phi) is 10.2. The minimum atomic E-state index is -0.0956. The molecule has 0 saturated heterocycles. The molecule has 0 bridgehead atoms. The molecular formula is C14H26O2. The Balaban J connectivity index is 3.24. The van der Waals surface area contributed by atoms with Crippen LogP contribution in [0.1, 0.15) is 64.7 Å². The predicted molar refractivity (Wildman–Crippen MR) is 68.4 cm³/mol. The van der Waals surface area contributed by atoms with Crippen LogP contribution in [0.4, 0.5) is 0 Å². The van der Waals surface area contributed by atoms with Crippen LogP contribution in [0.2, 0.25) is 0 Å². The fraction of sp³-hybridized carbons (Fsp3) is 0.786. The Hall–Kier alpha value is -0.790. The van der Waals surface area contributed by atoms with Gasteiger partial charge in [-0.05, 0) is 32.1 Å². The van der Waals surface area contributed by atoms with Crippen LogP contribution in [0, 0.1) is 0 Å². The predicted octanol–water partition coefficient (Wildman–Crippen LogP) is 4.25. The second kappa shape index (κ2) is 10.7. The minimum absolute atomic E-state index is 0.0956. The lowest BCUT2D eigenvalue weighted by Gasteiger charge is -2.05. The van der Waals surface area contributed by atoms with E-state index in [1.807, 2.05) is 0 Å². The first kappa shape index (κ1) is 15.2. The third-order valence-electron chi connectivity index (χ3n) is 2.77. The summed E-state index contributed by atoms with van der Waals surface area (Å²) in [6.45, 7) is 6.30. The van der Waals surface area contributed by atoms with Gasteiger partial charge in [0, 0.05) is 6.42 Å². The maximum absolute atomic E-state index is 10.8. The number of allylic oxidation sites excluding steroid dienone is 1. The van der Waals surface area contributed by atoms with Crippen LogP contribution in [-0.4, -0.2) is 13.1 Å². The standard InChI is InChI=1S/C14H26O2/c1-4-5-7-10-13(2)11-8-6-9-12-14(15)16-3/h2,4-12H2,1,3H3. The Morgan fingerprint density at radius 1 is 1.00 bits per heavy atom. The number of unbranched alkanes of at least 4 members (excludes halogenated alkanes) is 4. The molecule has 0 aromatic carbocycles. The molecule has 0 N–H and O–H groups in total. The Labute approximate surface area is 100 Å². The first-order chi connectivity index (χ1) is 7.70. The van der Waals surface area contributed by atoms with Crippen molar-refractivity contribution in [2.45, 2.75) is 64.7 Å². The summed E-state index contributed by atoms with van der Waals surface area (Å²) in [6.07, 6.45) is 9.89. The van der Waals surface area contributed by atoms with E-state index in [1.54, 1.807) is 0 Å². The van der Waals surface area contributed by atoms with Crippen molar-refractivity contribution in [1.29, 1.82) is 0 Å². The van der Waals surface area contributed by atoms with Gasteiger partial charge in [-0.1, -0.05) is 38.3 Å². The van der Waals surface area contributed by atoms with Crippen LogP contribution in [0.5, 0.6) is 0 Å². The highest BCUT2D eigenvalue weighted by Crippen LogP contribution is 2.15. The van der Waals surface area contributed by atoms with Gasteiger partial charge >= 0.3 is 5.97 Å². The second-order valence-corrected chi connectivity index (χ2v) is 4.34. The van der Waals surface area contributed by atoms with Gasteiger partial charge < -0.3 is 4.74 Å². The van der Waals surface area contributed by atoms with Crippen molar-refractivity contribution in [2.24, 2.45) is 0 Å². The summed E-state index contributed by atoms with van der Waals surface area (Å²) in [6, 6.07) is 0. The van der Waals surface area contributed by atoms with Crippen LogP contribution in [0.15, 0.2) is 12.2 Å². The van der Waals surface area contributed by atoms with E-state index in [0.717, 1.165) is 25.7 Å². The largest absolute Gasteiger partial charge is 0.469 e. The van der Waals surface area contributed by atoms with Crippen molar-refractivity contribution < 1.29 is 9.53 Å². The van der Waals surface area contributed by atoms with E-state index < -0.39 is 0 Å². The fourth-order valence-corrected chi connectivity index (χ4v) is 1.67. The average molecular weight is 226 g/mol. The van der Waals surface area contributed by atoms with Crippen LogP contribution < -0.4 is 0 Å². The van der Waals surface area contributed by atoms with Crippen LogP contribution >= 0.6 is 0 Å². The number of esters is 1. The molecule has 0 heterocycles. The highest BCUT2D eigenvalue weighted by Gasteiger charge is 2.00. The SMILES string of the molecule is C=C(CCCCC)CCCCCC(=O)OC. The molecule has 0 amide bonds. The molecule has 0 aromatic rings. The van der Waals surface area contributed by atoms with E-state index in [1.165, 1.54) is 38.4 Å². The molecule has 0 fully saturated rings. The van der Waals surface area contributed by atoms with Crippen LogP contribution in [-0.2, 0) is 9.53 Å². The molecule has 0 atom stereocenters. The molecule has 0 saturated carbocycles. The van der Waals surface area contributed by atoms with Crippen molar-refractivity contribution in [3.63, 3.8) is 0 Å². The number of hydrogen-bond acceptors (Lipinski definition) is 2. The third-order valence-corrected chi connectivity index (χ3v) is 2.77. The minimum Gasteiger partial charge on any atom is -0.469 e. The van der Waals surface area contributed by atoms with Gasteiger partial charge in [0.05, 0.1) is 7.11 Å². The van der Waals surface area contributed by atoms with Gasteiger partial charge in [-0.15, -0.1) is 0 Å². The topological polar surface area (TPSA) is 26.3 Å². The lowest BCUT2D eigenvalue weighted by atomic mass is 10.0. The van der Waals surface area contributed by atoms with Crippen LogP contribution in [0.25, 0.3) is 0 Å². The molecule has 0 aromatic heterocycles. The van der Waals surface area contributed by atoms with E-state index in [4.69, 9.17) is 0 Å². The summed E-state index contributed by atoms with van der Waals surface area (Å²) in [4.78, 5) is 10.8. The van der Waals surface area contributed by atoms with Gasteiger partial charge in [0.2, 0.25) is 0 Å². The molecule has 0 rings (SSSR count). The number of hydrogen-bond donors (Lipinski definition) is 0. The first-order valence-corrected chi connectivity index (χ1v) is 6.44. The fourth-order valence-electron chi connectivity index (χ4n) is 1.67. The second-order valence-electron chi connectivity index (χ2n) is 4.34.